The van der Waals surface area contributed by atoms with E-state index in [0.717, 1.165) is 6.54 Å². The standard InChI is InChI=1S/C14H26N4O2/c1-14(2,15)7-6-11(19)13-12(20-5)10-16-18(13)9-8-17(3)4/h10H,6-9,15H2,1-5H3. The van der Waals surface area contributed by atoms with Crippen LogP contribution < -0.4 is 10.5 Å². The number of nitrogens with two attached hydrogens (primary N) is 1. The first-order chi connectivity index (χ1) is 9.24. The number of ether oxygens (including phenoxy) is 1. The second-order valence-corrected chi connectivity index (χ2v) is 6.00. The normalized spacial score (nSPS) is 11.9. The quantitative estimate of drug-likeness (QED) is 0.724. The summed E-state index contributed by atoms with van der Waals surface area (Å²) in [6.07, 6.45) is 2.62. The van der Waals surface area contributed by atoms with Gasteiger partial charge in [0.1, 0.15) is 5.69 Å². The number of methoxy groups -OCH3 is 1. The lowest BCUT2D eigenvalue weighted by Crippen LogP contribution is -2.32. The minimum Gasteiger partial charge on any atom is -0.493 e. The summed E-state index contributed by atoms with van der Waals surface area (Å²) < 4.78 is 6.95. The van der Waals surface area contributed by atoms with Crippen LogP contribution in [0.3, 0.4) is 0 Å². The van der Waals surface area contributed by atoms with Crippen molar-refractivity contribution in [3.63, 3.8) is 0 Å². The maximum Gasteiger partial charge on any atom is 0.184 e. The SMILES string of the molecule is COc1cnn(CCN(C)C)c1C(=O)CCC(C)(C)N. The highest BCUT2D eigenvalue weighted by Gasteiger charge is 2.21. The van der Waals surface area contributed by atoms with Crippen LogP contribution in [-0.4, -0.2) is 53.8 Å². The predicted molar refractivity (Wildman–Crippen MR) is 79.2 cm³/mol. The Hall–Kier alpha value is -1.40. The first-order valence-corrected chi connectivity index (χ1v) is 6.81. The molecule has 2 N–H and O–H groups in total. The highest BCUT2D eigenvalue weighted by molar-refractivity contribution is 5.97. The molecule has 0 atom stereocenters. The molecular weight excluding hydrogens is 256 g/mol. The summed E-state index contributed by atoms with van der Waals surface area (Å²) in [4.78, 5) is 14.4. The Balaban J connectivity index is 2.84. The summed E-state index contributed by atoms with van der Waals surface area (Å²) in [5.41, 5.74) is 6.12. The minimum atomic E-state index is -0.350. The average Bonchev–Trinajstić information content (AvgIpc) is 2.75. The van der Waals surface area contributed by atoms with Crippen molar-refractivity contribution in [2.45, 2.75) is 38.8 Å². The first kappa shape index (κ1) is 16.7. The van der Waals surface area contributed by atoms with E-state index in [0.29, 0.717) is 30.8 Å². The molecular formula is C14H26N4O2. The number of carbonyl (C=O) groups is 1. The molecule has 0 spiro atoms. The van der Waals surface area contributed by atoms with E-state index in [1.54, 1.807) is 18.0 Å². The van der Waals surface area contributed by atoms with E-state index in [1.165, 1.54) is 0 Å². The zero-order valence-electron chi connectivity index (χ0n) is 13.1. The van der Waals surface area contributed by atoms with Gasteiger partial charge in [-0.3, -0.25) is 9.48 Å². The summed E-state index contributed by atoms with van der Waals surface area (Å²) in [6.45, 7) is 5.30. The van der Waals surface area contributed by atoms with Crippen LogP contribution in [0.25, 0.3) is 0 Å². The molecule has 1 aromatic rings. The first-order valence-electron chi connectivity index (χ1n) is 6.81. The highest BCUT2D eigenvalue weighted by Crippen LogP contribution is 2.21. The molecule has 0 aromatic carbocycles. The van der Waals surface area contributed by atoms with Crippen LogP contribution in [0.4, 0.5) is 0 Å². The van der Waals surface area contributed by atoms with E-state index in [1.807, 2.05) is 32.8 Å². The van der Waals surface area contributed by atoms with E-state index in [-0.39, 0.29) is 11.3 Å². The predicted octanol–water partition coefficient (Wildman–Crippen LogP) is 1.15. The Bertz CT molecular complexity index is 447. The molecule has 1 rings (SSSR count). The van der Waals surface area contributed by atoms with E-state index in [9.17, 15) is 4.79 Å². The van der Waals surface area contributed by atoms with Crippen molar-refractivity contribution < 1.29 is 9.53 Å². The largest absolute Gasteiger partial charge is 0.493 e. The maximum atomic E-state index is 12.4. The zero-order chi connectivity index (χ0) is 15.3. The molecule has 0 unspecified atom stereocenters. The summed E-state index contributed by atoms with van der Waals surface area (Å²) in [5.74, 6) is 0.556. The number of carbonyl (C=O) groups excluding carboxylic acids is 1. The molecule has 6 nitrogen and oxygen atoms in total. The molecule has 1 aromatic heterocycles. The summed E-state index contributed by atoms with van der Waals surface area (Å²) in [5, 5.41) is 4.24. The van der Waals surface area contributed by atoms with Crippen molar-refractivity contribution in [3.05, 3.63) is 11.9 Å². The van der Waals surface area contributed by atoms with Crippen molar-refractivity contribution >= 4 is 5.78 Å². The summed E-state index contributed by atoms with van der Waals surface area (Å²) >= 11 is 0. The maximum absolute atomic E-state index is 12.4. The molecule has 0 fully saturated rings. The number of ketones is 1. The number of rotatable bonds is 8. The number of nitrogens with zero attached hydrogens (tertiary/aromatic N) is 3. The molecule has 0 amide bonds. The lowest BCUT2D eigenvalue weighted by atomic mass is 9.97. The van der Waals surface area contributed by atoms with Crippen LogP contribution >= 0.6 is 0 Å². The van der Waals surface area contributed by atoms with Gasteiger partial charge in [0.2, 0.25) is 0 Å². The van der Waals surface area contributed by atoms with E-state index < -0.39 is 0 Å². The van der Waals surface area contributed by atoms with Gasteiger partial charge in [0.15, 0.2) is 11.5 Å². The number of hydrogen-bond acceptors (Lipinski definition) is 5. The minimum absolute atomic E-state index is 0.0247. The number of aromatic nitrogens is 2. The second kappa shape index (κ2) is 6.85. The number of Topliss-reactive ketones (excluding diaryl/α,β-unsaturated/α-hetero) is 1. The van der Waals surface area contributed by atoms with E-state index in [4.69, 9.17) is 10.5 Å². The molecule has 20 heavy (non-hydrogen) atoms. The fourth-order valence-electron chi connectivity index (χ4n) is 1.82. The van der Waals surface area contributed by atoms with Gasteiger partial charge in [0.05, 0.1) is 19.9 Å². The van der Waals surface area contributed by atoms with Crippen LogP contribution in [0.2, 0.25) is 0 Å². The van der Waals surface area contributed by atoms with Gasteiger partial charge in [-0.2, -0.15) is 5.10 Å². The third kappa shape index (κ3) is 4.94. The number of hydrogen-bond donors (Lipinski definition) is 1. The van der Waals surface area contributed by atoms with Crippen molar-refractivity contribution in [2.24, 2.45) is 5.73 Å². The Labute approximate surface area is 120 Å². The summed E-state index contributed by atoms with van der Waals surface area (Å²) in [7, 11) is 5.52. The Morgan fingerprint density at radius 3 is 2.65 bits per heavy atom. The highest BCUT2D eigenvalue weighted by atomic mass is 16.5. The molecule has 0 bridgehead atoms. The Morgan fingerprint density at radius 2 is 2.15 bits per heavy atom. The van der Waals surface area contributed by atoms with Crippen LogP contribution in [0.1, 0.15) is 37.2 Å². The van der Waals surface area contributed by atoms with Gasteiger partial charge in [-0.05, 0) is 34.4 Å². The van der Waals surface area contributed by atoms with Gasteiger partial charge < -0.3 is 15.4 Å². The molecule has 6 heteroatoms. The molecule has 0 aliphatic rings. The topological polar surface area (TPSA) is 73.4 Å². The van der Waals surface area contributed by atoms with E-state index >= 15 is 0 Å². The average molecular weight is 282 g/mol. The number of likely N-dealkylation sites (N-methyl/N-ethyl adjacent to an activating group) is 1. The lowest BCUT2D eigenvalue weighted by molar-refractivity contribution is 0.0958. The van der Waals surface area contributed by atoms with Crippen LogP contribution in [0, 0.1) is 0 Å². The van der Waals surface area contributed by atoms with Gasteiger partial charge in [0.25, 0.3) is 0 Å². The van der Waals surface area contributed by atoms with Gasteiger partial charge >= 0.3 is 0 Å². The Morgan fingerprint density at radius 1 is 1.50 bits per heavy atom. The lowest BCUT2D eigenvalue weighted by Gasteiger charge is -2.18. The molecule has 114 valence electrons. The van der Waals surface area contributed by atoms with Crippen LogP contribution in [0.15, 0.2) is 6.20 Å². The van der Waals surface area contributed by atoms with Gasteiger partial charge in [-0.25, -0.2) is 0 Å². The summed E-state index contributed by atoms with van der Waals surface area (Å²) in [6, 6.07) is 0. The third-order valence-corrected chi connectivity index (χ3v) is 3.05. The molecule has 0 saturated carbocycles. The molecule has 1 heterocycles. The van der Waals surface area contributed by atoms with Crippen molar-refractivity contribution in [1.82, 2.24) is 14.7 Å². The molecule has 0 radical (unpaired) electrons. The van der Waals surface area contributed by atoms with Gasteiger partial charge in [-0.1, -0.05) is 0 Å². The van der Waals surface area contributed by atoms with Crippen LogP contribution in [-0.2, 0) is 6.54 Å². The molecule has 0 aliphatic carbocycles. The van der Waals surface area contributed by atoms with Crippen LogP contribution in [0.5, 0.6) is 5.75 Å². The van der Waals surface area contributed by atoms with Crippen molar-refractivity contribution in [1.29, 1.82) is 0 Å². The van der Waals surface area contributed by atoms with Gasteiger partial charge in [0, 0.05) is 18.5 Å². The van der Waals surface area contributed by atoms with Gasteiger partial charge in [-0.15, -0.1) is 0 Å². The van der Waals surface area contributed by atoms with E-state index in [2.05, 4.69) is 5.10 Å². The monoisotopic (exact) mass is 282 g/mol. The molecule has 0 saturated heterocycles. The smallest absolute Gasteiger partial charge is 0.184 e. The zero-order valence-corrected chi connectivity index (χ0v) is 13.1. The van der Waals surface area contributed by atoms with Crippen molar-refractivity contribution in [3.8, 4) is 5.75 Å². The fraction of sp³-hybridized carbons (Fsp3) is 0.714. The fourth-order valence-corrected chi connectivity index (χ4v) is 1.82. The Kier molecular flexibility index (Phi) is 5.71. The third-order valence-electron chi connectivity index (χ3n) is 3.05. The second-order valence-electron chi connectivity index (χ2n) is 6.00. The molecule has 0 aliphatic heterocycles. The van der Waals surface area contributed by atoms with Crippen molar-refractivity contribution in [2.75, 3.05) is 27.7 Å².